The van der Waals surface area contributed by atoms with Crippen molar-refractivity contribution in [1.29, 1.82) is 5.26 Å². The van der Waals surface area contributed by atoms with E-state index in [9.17, 15) is 10.1 Å². The lowest BCUT2D eigenvalue weighted by atomic mass is 9.81. The van der Waals surface area contributed by atoms with E-state index in [4.69, 9.17) is 0 Å². The molecule has 1 atom stereocenters. The van der Waals surface area contributed by atoms with Crippen LogP contribution in [0.4, 0.5) is 0 Å². The van der Waals surface area contributed by atoms with Crippen LogP contribution in [0.1, 0.15) is 55.0 Å². The number of hydrogen-bond donors (Lipinski definition) is 2. The molecule has 0 saturated heterocycles. The van der Waals surface area contributed by atoms with Crippen LogP contribution in [0.3, 0.4) is 0 Å². The van der Waals surface area contributed by atoms with Gasteiger partial charge in [-0.2, -0.15) is 5.26 Å². The minimum absolute atomic E-state index is 0.202. The number of nitriles is 1. The van der Waals surface area contributed by atoms with Gasteiger partial charge in [0.15, 0.2) is 5.65 Å². The van der Waals surface area contributed by atoms with Crippen LogP contribution in [0, 0.1) is 17.2 Å². The second-order valence-electron chi connectivity index (χ2n) is 7.21. The van der Waals surface area contributed by atoms with Gasteiger partial charge in [-0.05, 0) is 24.3 Å². The summed E-state index contributed by atoms with van der Waals surface area (Å²) >= 11 is 0. The zero-order valence-corrected chi connectivity index (χ0v) is 15.2. The van der Waals surface area contributed by atoms with Crippen LogP contribution in [0.5, 0.6) is 0 Å². The average molecular weight is 361 g/mol. The maximum atomic E-state index is 12.3. The third kappa shape index (κ3) is 3.64. The van der Waals surface area contributed by atoms with Crippen molar-refractivity contribution in [3.8, 4) is 6.07 Å². The summed E-state index contributed by atoms with van der Waals surface area (Å²) in [5.41, 5.74) is 2.50. The third-order valence-corrected chi connectivity index (χ3v) is 5.45. The summed E-state index contributed by atoms with van der Waals surface area (Å²) in [4.78, 5) is 16.8. The van der Waals surface area contributed by atoms with Crippen molar-refractivity contribution in [2.75, 3.05) is 0 Å². The van der Waals surface area contributed by atoms with Gasteiger partial charge in [0.05, 0.1) is 5.69 Å². The smallest absolute Gasteiger partial charge is 0.272 e. The van der Waals surface area contributed by atoms with E-state index in [-0.39, 0.29) is 11.6 Å². The molecule has 2 heterocycles. The van der Waals surface area contributed by atoms with Gasteiger partial charge in [-0.15, -0.1) is 0 Å². The van der Waals surface area contributed by atoms with Crippen LogP contribution in [-0.2, 0) is 6.54 Å². The standard InChI is InChI=1S/C21H23N5O/c22-12-17-13-24-26-19(27)11-18(25-21(17)26)14-23-20(15-7-3-1-4-8-15)16-9-5-2-6-10-16/h1,3-4,7-8,11,13,16,20,23-24H,2,5-6,9-10,14H2. The monoisotopic (exact) mass is 361 g/mol. The molecule has 3 aromatic rings. The van der Waals surface area contributed by atoms with Crippen LogP contribution < -0.4 is 10.9 Å². The second-order valence-corrected chi connectivity index (χ2v) is 7.21. The number of fused-ring (bicyclic) bond motifs is 1. The predicted molar refractivity (Wildman–Crippen MR) is 103 cm³/mol. The van der Waals surface area contributed by atoms with Gasteiger partial charge in [-0.1, -0.05) is 49.6 Å². The fourth-order valence-electron chi connectivity index (χ4n) is 4.10. The molecule has 1 aliphatic carbocycles. The molecule has 0 aliphatic heterocycles. The number of aromatic nitrogens is 3. The Bertz CT molecular complexity index is 1010. The van der Waals surface area contributed by atoms with E-state index in [1.807, 2.05) is 6.07 Å². The Morgan fingerprint density at radius 3 is 2.78 bits per heavy atom. The molecule has 6 nitrogen and oxygen atoms in total. The molecule has 6 heteroatoms. The Morgan fingerprint density at radius 2 is 2.04 bits per heavy atom. The third-order valence-electron chi connectivity index (χ3n) is 5.45. The van der Waals surface area contributed by atoms with Crippen LogP contribution >= 0.6 is 0 Å². The Morgan fingerprint density at radius 1 is 1.26 bits per heavy atom. The number of nitrogens with zero attached hydrogens (tertiary/aromatic N) is 3. The first-order valence-corrected chi connectivity index (χ1v) is 9.55. The molecule has 1 fully saturated rings. The fourth-order valence-corrected chi connectivity index (χ4v) is 4.10. The van der Waals surface area contributed by atoms with Gasteiger partial charge < -0.3 is 5.32 Å². The zero-order chi connectivity index (χ0) is 18.6. The van der Waals surface area contributed by atoms with Gasteiger partial charge in [0.2, 0.25) is 0 Å². The highest BCUT2D eigenvalue weighted by Crippen LogP contribution is 2.34. The minimum Gasteiger partial charge on any atom is -0.304 e. The molecule has 1 aromatic carbocycles. The first kappa shape index (κ1) is 17.5. The highest BCUT2D eigenvalue weighted by Gasteiger charge is 2.24. The molecule has 4 rings (SSSR count). The lowest BCUT2D eigenvalue weighted by molar-refractivity contribution is 0.269. The van der Waals surface area contributed by atoms with Crippen molar-refractivity contribution in [3.05, 3.63) is 69.8 Å². The van der Waals surface area contributed by atoms with Gasteiger partial charge in [0.25, 0.3) is 5.56 Å². The molecule has 1 unspecified atom stereocenters. The van der Waals surface area contributed by atoms with E-state index in [0.717, 1.165) is 0 Å². The fraction of sp³-hybridized carbons (Fsp3) is 0.381. The lowest BCUT2D eigenvalue weighted by Crippen LogP contribution is -2.30. The minimum atomic E-state index is -0.202. The molecule has 0 bridgehead atoms. The first-order chi connectivity index (χ1) is 13.3. The topological polar surface area (TPSA) is 86.0 Å². The zero-order valence-electron chi connectivity index (χ0n) is 15.2. The maximum absolute atomic E-state index is 12.3. The molecule has 1 aliphatic rings. The summed E-state index contributed by atoms with van der Waals surface area (Å²) in [6.07, 6.45) is 7.82. The van der Waals surface area contributed by atoms with Gasteiger partial charge in [0.1, 0.15) is 11.6 Å². The van der Waals surface area contributed by atoms with E-state index in [0.29, 0.717) is 29.4 Å². The Kier molecular flexibility index (Phi) is 5.03. The van der Waals surface area contributed by atoms with E-state index >= 15 is 0 Å². The Balaban J connectivity index is 1.60. The number of rotatable bonds is 5. The number of aromatic amines is 1. The number of hydrogen-bond acceptors (Lipinski definition) is 4. The van der Waals surface area contributed by atoms with Crippen LogP contribution in [0.2, 0.25) is 0 Å². The lowest BCUT2D eigenvalue weighted by Gasteiger charge is -2.31. The molecule has 0 spiro atoms. The molecule has 2 N–H and O–H groups in total. The van der Waals surface area contributed by atoms with Gasteiger partial charge in [-0.3, -0.25) is 9.89 Å². The van der Waals surface area contributed by atoms with E-state index in [2.05, 4.69) is 45.7 Å². The highest BCUT2D eigenvalue weighted by atomic mass is 16.1. The van der Waals surface area contributed by atoms with Crippen molar-refractivity contribution >= 4 is 5.65 Å². The number of benzene rings is 1. The van der Waals surface area contributed by atoms with Gasteiger partial charge in [-0.25, -0.2) is 9.50 Å². The van der Waals surface area contributed by atoms with E-state index < -0.39 is 0 Å². The molecule has 1 saturated carbocycles. The second kappa shape index (κ2) is 7.77. The highest BCUT2D eigenvalue weighted by molar-refractivity contribution is 5.53. The summed E-state index contributed by atoms with van der Waals surface area (Å²) in [5.74, 6) is 0.591. The molecule has 2 aromatic heterocycles. The van der Waals surface area contributed by atoms with Gasteiger partial charge in [0, 0.05) is 24.8 Å². The van der Waals surface area contributed by atoms with Crippen molar-refractivity contribution < 1.29 is 0 Å². The Hall–Kier alpha value is -2.91. The molecule has 138 valence electrons. The van der Waals surface area contributed by atoms with Crippen molar-refractivity contribution in [2.24, 2.45) is 5.92 Å². The largest absolute Gasteiger partial charge is 0.304 e. The molecular formula is C21H23N5O. The summed E-state index contributed by atoms with van der Waals surface area (Å²) < 4.78 is 1.30. The van der Waals surface area contributed by atoms with Crippen molar-refractivity contribution in [2.45, 2.75) is 44.7 Å². The summed E-state index contributed by atoms with van der Waals surface area (Å²) in [7, 11) is 0. The predicted octanol–water partition coefficient (Wildman–Crippen LogP) is 3.31. The Labute approximate surface area is 157 Å². The van der Waals surface area contributed by atoms with E-state index in [1.165, 1.54) is 54.4 Å². The van der Waals surface area contributed by atoms with Gasteiger partial charge >= 0.3 is 0 Å². The summed E-state index contributed by atoms with van der Waals surface area (Å²) in [6, 6.07) is 14.4. The molecular weight excluding hydrogens is 338 g/mol. The molecule has 0 amide bonds. The van der Waals surface area contributed by atoms with Crippen LogP contribution in [0.25, 0.3) is 5.65 Å². The quantitative estimate of drug-likeness (QED) is 0.730. The average Bonchev–Trinajstić information content (AvgIpc) is 3.13. The normalized spacial score (nSPS) is 16.3. The first-order valence-electron chi connectivity index (χ1n) is 9.55. The van der Waals surface area contributed by atoms with Crippen LogP contribution in [0.15, 0.2) is 47.4 Å². The molecule has 0 radical (unpaired) electrons. The van der Waals surface area contributed by atoms with Crippen LogP contribution in [-0.4, -0.2) is 14.6 Å². The maximum Gasteiger partial charge on any atom is 0.272 e. The summed E-state index contributed by atoms with van der Waals surface area (Å²) in [5, 5.41) is 15.6. The number of H-pyrrole nitrogens is 1. The SMILES string of the molecule is N#Cc1c[nH]n2c(=O)cc(CNC(c3ccccc3)C3CCCCC3)nc12. The van der Waals surface area contributed by atoms with Crippen molar-refractivity contribution in [1.82, 2.24) is 19.9 Å². The number of nitrogens with one attached hydrogen (secondary N) is 2. The molecule has 27 heavy (non-hydrogen) atoms. The van der Waals surface area contributed by atoms with Crippen molar-refractivity contribution in [3.63, 3.8) is 0 Å². The van der Waals surface area contributed by atoms with E-state index in [1.54, 1.807) is 0 Å². The summed E-state index contributed by atoms with van der Waals surface area (Å²) in [6.45, 7) is 0.498.